The molecule has 2 rings (SSSR count). The number of hydrogen-bond donors (Lipinski definition) is 1. The largest absolute Gasteiger partial charge is 0.481 e. The molecule has 5 heteroatoms. The normalized spacial score (nSPS) is 9.47. The maximum atomic E-state index is 12.0. The van der Waals surface area contributed by atoms with Gasteiger partial charge in [-0.3, -0.25) is 4.79 Å². The van der Waals surface area contributed by atoms with E-state index in [9.17, 15) is 4.79 Å². The van der Waals surface area contributed by atoms with Crippen LogP contribution in [-0.2, 0) is 0 Å². The fraction of sp³-hybridized carbons (Fsp3) is 0.0714. The summed E-state index contributed by atoms with van der Waals surface area (Å²) in [5.74, 6) is 0.0208. The maximum absolute atomic E-state index is 12.0. The predicted molar refractivity (Wildman–Crippen MR) is 69.9 cm³/mol. The van der Waals surface area contributed by atoms with Crippen LogP contribution in [0.1, 0.15) is 16.1 Å². The number of nitrogens with zero attached hydrogens (tertiary/aromatic N) is 2. The van der Waals surface area contributed by atoms with E-state index in [4.69, 9.17) is 10.00 Å². The third-order valence-electron chi connectivity index (χ3n) is 2.41. The van der Waals surface area contributed by atoms with Crippen LogP contribution in [-0.4, -0.2) is 18.0 Å². The molecule has 0 atom stereocenters. The number of aromatic nitrogens is 1. The van der Waals surface area contributed by atoms with Crippen molar-refractivity contribution in [1.29, 1.82) is 5.26 Å². The van der Waals surface area contributed by atoms with Crippen molar-refractivity contribution in [2.24, 2.45) is 0 Å². The van der Waals surface area contributed by atoms with E-state index in [-0.39, 0.29) is 11.6 Å². The minimum Gasteiger partial charge on any atom is -0.481 e. The lowest BCUT2D eigenvalue weighted by Crippen LogP contribution is -2.13. The molecule has 2 aromatic rings. The lowest BCUT2D eigenvalue weighted by atomic mass is 10.2. The quantitative estimate of drug-likeness (QED) is 0.910. The topological polar surface area (TPSA) is 75.0 Å². The number of ether oxygens (including phenoxy) is 1. The first-order valence-electron chi connectivity index (χ1n) is 5.55. The van der Waals surface area contributed by atoms with Gasteiger partial charge in [0.15, 0.2) is 0 Å². The summed E-state index contributed by atoms with van der Waals surface area (Å²) in [5, 5.41) is 11.5. The number of nitriles is 1. The number of anilines is 1. The molecule has 1 heterocycles. The van der Waals surface area contributed by atoms with Crippen molar-refractivity contribution in [3.63, 3.8) is 0 Å². The maximum Gasteiger partial charge on any atom is 0.274 e. The zero-order chi connectivity index (χ0) is 13.7. The van der Waals surface area contributed by atoms with Crippen molar-refractivity contribution in [3.8, 4) is 11.9 Å². The highest BCUT2D eigenvalue weighted by Crippen LogP contribution is 2.12. The lowest BCUT2D eigenvalue weighted by Gasteiger charge is -2.06. The van der Waals surface area contributed by atoms with Gasteiger partial charge in [0.2, 0.25) is 5.88 Å². The molecule has 0 saturated carbocycles. The first kappa shape index (κ1) is 12.6. The van der Waals surface area contributed by atoms with Crippen molar-refractivity contribution in [3.05, 3.63) is 53.7 Å². The van der Waals surface area contributed by atoms with Crippen LogP contribution in [0.4, 0.5) is 5.69 Å². The smallest absolute Gasteiger partial charge is 0.274 e. The molecule has 1 aromatic carbocycles. The number of methoxy groups -OCH3 is 1. The molecule has 0 saturated heterocycles. The summed E-state index contributed by atoms with van der Waals surface area (Å²) in [6.45, 7) is 0. The van der Waals surface area contributed by atoms with Gasteiger partial charge in [0, 0.05) is 11.8 Å². The zero-order valence-electron chi connectivity index (χ0n) is 10.3. The van der Waals surface area contributed by atoms with Crippen LogP contribution in [0.5, 0.6) is 5.88 Å². The summed E-state index contributed by atoms with van der Waals surface area (Å²) in [6.07, 6.45) is 0. The van der Waals surface area contributed by atoms with E-state index in [1.165, 1.54) is 7.11 Å². The van der Waals surface area contributed by atoms with Crippen molar-refractivity contribution >= 4 is 11.6 Å². The number of benzene rings is 1. The van der Waals surface area contributed by atoms with Gasteiger partial charge in [0.1, 0.15) is 5.69 Å². The molecule has 94 valence electrons. The molecule has 0 aliphatic rings. The Bertz CT molecular complexity index is 647. The highest BCUT2D eigenvalue weighted by atomic mass is 16.5. The van der Waals surface area contributed by atoms with Crippen LogP contribution < -0.4 is 10.1 Å². The third-order valence-corrected chi connectivity index (χ3v) is 2.41. The van der Waals surface area contributed by atoms with Crippen LogP contribution >= 0.6 is 0 Å². The van der Waals surface area contributed by atoms with Gasteiger partial charge in [-0.1, -0.05) is 12.1 Å². The Morgan fingerprint density at radius 1 is 1.32 bits per heavy atom. The molecule has 5 nitrogen and oxygen atoms in total. The van der Waals surface area contributed by atoms with E-state index in [1.807, 2.05) is 6.07 Å². The highest BCUT2D eigenvalue weighted by Gasteiger charge is 2.08. The second-order valence-electron chi connectivity index (χ2n) is 3.71. The average molecular weight is 253 g/mol. The number of carbonyl (C=O) groups excluding carboxylic acids is 1. The fourth-order valence-electron chi connectivity index (χ4n) is 1.52. The van der Waals surface area contributed by atoms with Crippen molar-refractivity contribution in [1.82, 2.24) is 4.98 Å². The molecule has 0 unspecified atom stereocenters. The Balaban J connectivity index is 2.18. The Labute approximate surface area is 110 Å². The average Bonchev–Trinajstić information content (AvgIpc) is 2.47. The SMILES string of the molecule is COc1cccc(C(=O)Nc2cccc(C#N)c2)n1. The molecule has 0 radical (unpaired) electrons. The van der Waals surface area contributed by atoms with Crippen molar-refractivity contribution < 1.29 is 9.53 Å². The van der Waals surface area contributed by atoms with Gasteiger partial charge in [-0.2, -0.15) is 5.26 Å². The number of hydrogen-bond acceptors (Lipinski definition) is 4. The Morgan fingerprint density at radius 2 is 2.11 bits per heavy atom. The van der Waals surface area contributed by atoms with Gasteiger partial charge >= 0.3 is 0 Å². The number of carbonyl (C=O) groups is 1. The van der Waals surface area contributed by atoms with Crippen molar-refractivity contribution in [2.75, 3.05) is 12.4 Å². The third kappa shape index (κ3) is 3.07. The molecule has 0 aliphatic carbocycles. The number of amides is 1. The zero-order valence-corrected chi connectivity index (χ0v) is 10.3. The van der Waals surface area contributed by atoms with E-state index in [0.29, 0.717) is 17.1 Å². The first-order chi connectivity index (χ1) is 9.22. The van der Waals surface area contributed by atoms with Gasteiger partial charge in [-0.05, 0) is 24.3 Å². The van der Waals surface area contributed by atoms with Crippen molar-refractivity contribution in [2.45, 2.75) is 0 Å². The standard InChI is InChI=1S/C14H11N3O2/c1-19-13-7-3-6-12(17-13)14(18)16-11-5-2-4-10(8-11)9-15/h2-8H,1H3,(H,16,18). The van der Waals surface area contributed by atoms with Gasteiger partial charge in [0.05, 0.1) is 18.7 Å². The molecule has 1 N–H and O–H groups in total. The van der Waals surface area contributed by atoms with Crippen LogP contribution in [0.25, 0.3) is 0 Å². The molecule has 0 aliphatic heterocycles. The van der Waals surface area contributed by atoms with Crippen LogP contribution in [0.2, 0.25) is 0 Å². The molecule has 1 aromatic heterocycles. The number of rotatable bonds is 3. The minimum atomic E-state index is -0.353. The molecule has 19 heavy (non-hydrogen) atoms. The summed E-state index contributed by atoms with van der Waals surface area (Å²) < 4.78 is 4.96. The van der Waals surface area contributed by atoms with Crippen LogP contribution in [0.15, 0.2) is 42.5 Å². The Morgan fingerprint density at radius 3 is 2.84 bits per heavy atom. The van der Waals surface area contributed by atoms with E-state index >= 15 is 0 Å². The minimum absolute atomic E-state index is 0.252. The first-order valence-corrected chi connectivity index (χ1v) is 5.55. The van der Waals surface area contributed by atoms with E-state index in [0.717, 1.165) is 0 Å². The second-order valence-corrected chi connectivity index (χ2v) is 3.71. The molecular weight excluding hydrogens is 242 g/mol. The number of pyridine rings is 1. The summed E-state index contributed by atoms with van der Waals surface area (Å²) >= 11 is 0. The summed E-state index contributed by atoms with van der Waals surface area (Å²) in [6, 6.07) is 13.6. The van der Waals surface area contributed by atoms with Gasteiger partial charge in [0.25, 0.3) is 5.91 Å². The molecule has 1 amide bonds. The molecular formula is C14H11N3O2. The lowest BCUT2D eigenvalue weighted by molar-refractivity contribution is 0.102. The van der Waals surface area contributed by atoms with E-state index in [1.54, 1.807) is 42.5 Å². The Kier molecular flexibility index (Phi) is 3.74. The van der Waals surface area contributed by atoms with Crippen LogP contribution in [0.3, 0.4) is 0 Å². The Hall–Kier alpha value is -2.87. The second kappa shape index (κ2) is 5.65. The van der Waals surface area contributed by atoms with Gasteiger partial charge in [-0.15, -0.1) is 0 Å². The number of nitrogens with one attached hydrogen (secondary N) is 1. The highest BCUT2D eigenvalue weighted by molar-refractivity contribution is 6.03. The van der Waals surface area contributed by atoms with Crippen LogP contribution in [0, 0.1) is 11.3 Å². The molecule has 0 fully saturated rings. The fourth-order valence-corrected chi connectivity index (χ4v) is 1.52. The summed E-state index contributed by atoms with van der Waals surface area (Å²) in [4.78, 5) is 16.0. The molecule has 0 spiro atoms. The van der Waals surface area contributed by atoms with E-state index < -0.39 is 0 Å². The monoisotopic (exact) mass is 253 g/mol. The summed E-state index contributed by atoms with van der Waals surface area (Å²) in [7, 11) is 1.49. The van der Waals surface area contributed by atoms with Gasteiger partial charge < -0.3 is 10.1 Å². The van der Waals surface area contributed by atoms with E-state index in [2.05, 4.69) is 10.3 Å². The molecule has 0 bridgehead atoms. The summed E-state index contributed by atoms with van der Waals surface area (Å²) in [5.41, 5.74) is 1.28. The van der Waals surface area contributed by atoms with Gasteiger partial charge in [-0.25, -0.2) is 4.98 Å². The predicted octanol–water partition coefficient (Wildman–Crippen LogP) is 2.21.